The molecule has 8 nitrogen and oxygen atoms in total. The Morgan fingerprint density at radius 2 is 2.13 bits per heavy atom. The van der Waals surface area contributed by atoms with Gasteiger partial charge in [-0.3, -0.25) is 9.59 Å². The van der Waals surface area contributed by atoms with Crippen LogP contribution in [0.25, 0.3) is 4.96 Å². The van der Waals surface area contributed by atoms with E-state index in [0.717, 1.165) is 36.0 Å². The topological polar surface area (TPSA) is 88.8 Å². The van der Waals surface area contributed by atoms with Crippen molar-refractivity contribution in [3.8, 4) is 5.75 Å². The Morgan fingerprint density at radius 1 is 1.32 bits per heavy atom. The number of amides is 1. The van der Waals surface area contributed by atoms with Crippen molar-refractivity contribution >= 4 is 27.3 Å². The van der Waals surface area contributed by atoms with Gasteiger partial charge in [0.05, 0.1) is 6.61 Å². The molecular formula is C22H27N5O3S. The van der Waals surface area contributed by atoms with Gasteiger partial charge in [-0.1, -0.05) is 30.4 Å². The lowest BCUT2D eigenvalue weighted by atomic mass is 10.0. The van der Waals surface area contributed by atoms with Gasteiger partial charge in [-0.15, -0.1) is 5.10 Å². The van der Waals surface area contributed by atoms with Crippen molar-refractivity contribution in [1.82, 2.24) is 19.9 Å². The molecule has 3 heterocycles. The van der Waals surface area contributed by atoms with Gasteiger partial charge < -0.3 is 15.0 Å². The van der Waals surface area contributed by atoms with Crippen molar-refractivity contribution in [2.24, 2.45) is 5.92 Å². The molecule has 0 bridgehead atoms. The number of aromatic nitrogens is 3. The van der Waals surface area contributed by atoms with Gasteiger partial charge in [-0.25, -0.2) is 4.98 Å². The second-order valence-electron chi connectivity index (χ2n) is 7.83. The summed E-state index contributed by atoms with van der Waals surface area (Å²) in [6.07, 6.45) is 4.33. The van der Waals surface area contributed by atoms with Crippen LogP contribution >= 0.6 is 11.3 Å². The van der Waals surface area contributed by atoms with Crippen LogP contribution in [0.2, 0.25) is 0 Å². The number of nitrogens with zero attached hydrogens (tertiary/aromatic N) is 4. The normalized spacial score (nSPS) is 16.5. The molecule has 1 amide bonds. The second-order valence-corrected chi connectivity index (χ2v) is 8.77. The second kappa shape index (κ2) is 9.47. The quantitative estimate of drug-likeness (QED) is 0.607. The van der Waals surface area contributed by atoms with Crippen LogP contribution in [0.1, 0.15) is 42.6 Å². The van der Waals surface area contributed by atoms with E-state index in [4.69, 9.17) is 4.74 Å². The molecule has 1 aliphatic heterocycles. The lowest BCUT2D eigenvalue weighted by molar-refractivity contribution is 0.0952. The molecule has 1 saturated heterocycles. The van der Waals surface area contributed by atoms with Gasteiger partial charge in [0.15, 0.2) is 0 Å². The van der Waals surface area contributed by atoms with Gasteiger partial charge in [0.2, 0.25) is 10.1 Å². The van der Waals surface area contributed by atoms with Gasteiger partial charge in [0, 0.05) is 25.8 Å². The number of hydrogen-bond donors (Lipinski definition) is 1. The molecule has 4 rings (SSSR count). The van der Waals surface area contributed by atoms with Crippen LogP contribution in [0.4, 0.5) is 5.13 Å². The monoisotopic (exact) mass is 441 g/mol. The van der Waals surface area contributed by atoms with Crippen molar-refractivity contribution in [1.29, 1.82) is 0 Å². The minimum Gasteiger partial charge on any atom is -0.494 e. The molecule has 0 saturated carbocycles. The maximum Gasteiger partial charge on any atom is 0.288 e. The van der Waals surface area contributed by atoms with Crippen molar-refractivity contribution in [2.45, 2.75) is 33.1 Å². The Morgan fingerprint density at radius 3 is 2.87 bits per heavy atom. The molecule has 1 unspecified atom stereocenters. The van der Waals surface area contributed by atoms with Crippen LogP contribution in [0.3, 0.4) is 0 Å². The predicted octanol–water partition coefficient (Wildman–Crippen LogP) is 2.76. The number of anilines is 1. The molecule has 164 valence electrons. The molecule has 0 spiro atoms. The molecule has 1 fully saturated rings. The number of carbonyl (C=O) groups excluding carboxylic acids is 1. The highest BCUT2D eigenvalue weighted by molar-refractivity contribution is 7.20. The van der Waals surface area contributed by atoms with Crippen molar-refractivity contribution < 1.29 is 9.53 Å². The van der Waals surface area contributed by atoms with Gasteiger partial charge in [-0.2, -0.15) is 4.52 Å². The predicted molar refractivity (Wildman–Crippen MR) is 121 cm³/mol. The maximum atomic E-state index is 12.8. The van der Waals surface area contributed by atoms with Crippen molar-refractivity contribution in [2.75, 3.05) is 31.1 Å². The lowest BCUT2D eigenvalue weighted by Gasteiger charge is -2.30. The third-order valence-electron chi connectivity index (χ3n) is 5.38. The summed E-state index contributed by atoms with van der Waals surface area (Å²) in [5.41, 5.74) is 0.651. The van der Waals surface area contributed by atoms with Gasteiger partial charge in [-0.05, 0) is 49.8 Å². The standard InChI is InChI=1S/C22H27N5O3S/c1-3-30-17-8-6-16(7-9-17)10-11-23-19(28)18-13-24-21-27(20(18)29)25-22(31-21)26-12-4-5-15(2)14-26/h6-9,13,15H,3-5,10-12,14H2,1-2H3,(H,23,28). The van der Waals surface area contributed by atoms with Crippen LogP contribution in [0, 0.1) is 5.92 Å². The smallest absolute Gasteiger partial charge is 0.288 e. The highest BCUT2D eigenvalue weighted by Crippen LogP contribution is 2.26. The van der Waals surface area contributed by atoms with Crippen molar-refractivity contribution in [3.63, 3.8) is 0 Å². The first-order valence-electron chi connectivity index (χ1n) is 10.7. The Kier molecular flexibility index (Phi) is 6.50. The van der Waals surface area contributed by atoms with E-state index in [1.807, 2.05) is 31.2 Å². The maximum absolute atomic E-state index is 12.8. The van der Waals surface area contributed by atoms with E-state index in [2.05, 4.69) is 27.2 Å². The fraction of sp³-hybridized carbons (Fsp3) is 0.455. The minimum absolute atomic E-state index is 0.00746. The van der Waals surface area contributed by atoms with Crippen LogP contribution in [0.5, 0.6) is 5.75 Å². The first-order valence-corrected chi connectivity index (χ1v) is 11.5. The molecule has 0 aliphatic carbocycles. The molecule has 1 aromatic carbocycles. The van der Waals surface area contributed by atoms with E-state index >= 15 is 0 Å². The molecule has 1 atom stereocenters. The van der Waals surface area contributed by atoms with E-state index in [-0.39, 0.29) is 5.56 Å². The third-order valence-corrected chi connectivity index (χ3v) is 6.37. The van der Waals surface area contributed by atoms with E-state index in [9.17, 15) is 9.59 Å². The Hall–Kier alpha value is -2.94. The lowest BCUT2D eigenvalue weighted by Crippen LogP contribution is -2.35. The number of carbonyl (C=O) groups is 1. The molecule has 0 radical (unpaired) electrons. The number of nitrogens with one attached hydrogen (secondary N) is 1. The van der Waals surface area contributed by atoms with Gasteiger partial charge in [0.1, 0.15) is 11.3 Å². The SMILES string of the molecule is CCOc1ccc(CCNC(=O)c2cnc3sc(N4CCCC(C)C4)nn3c2=O)cc1. The average Bonchev–Trinajstić information content (AvgIpc) is 3.21. The summed E-state index contributed by atoms with van der Waals surface area (Å²) in [6.45, 7) is 7.06. The van der Waals surface area contributed by atoms with Crippen LogP contribution in [-0.4, -0.2) is 46.7 Å². The number of ether oxygens (including phenoxy) is 1. The number of hydrogen-bond acceptors (Lipinski definition) is 7. The molecule has 2 aromatic heterocycles. The van der Waals surface area contributed by atoms with E-state index in [1.54, 1.807) is 0 Å². The summed E-state index contributed by atoms with van der Waals surface area (Å²) < 4.78 is 6.68. The molecule has 9 heteroatoms. The van der Waals surface area contributed by atoms with Crippen LogP contribution in [-0.2, 0) is 6.42 Å². The largest absolute Gasteiger partial charge is 0.494 e. The van der Waals surface area contributed by atoms with Crippen LogP contribution in [0.15, 0.2) is 35.3 Å². The van der Waals surface area contributed by atoms with Crippen LogP contribution < -0.4 is 20.5 Å². The Labute approximate surface area is 184 Å². The summed E-state index contributed by atoms with van der Waals surface area (Å²) in [4.78, 5) is 32.4. The summed E-state index contributed by atoms with van der Waals surface area (Å²) in [5.74, 6) is 0.991. The van der Waals surface area contributed by atoms with Gasteiger partial charge >= 0.3 is 0 Å². The highest BCUT2D eigenvalue weighted by Gasteiger charge is 2.22. The molecule has 1 N–H and O–H groups in total. The number of rotatable bonds is 7. The zero-order valence-corrected chi connectivity index (χ0v) is 18.7. The van der Waals surface area contributed by atoms with Gasteiger partial charge in [0.25, 0.3) is 11.5 Å². The Balaban J connectivity index is 1.41. The Bertz CT molecular complexity index is 1110. The minimum atomic E-state index is -0.434. The number of benzene rings is 1. The fourth-order valence-electron chi connectivity index (χ4n) is 3.76. The first kappa shape index (κ1) is 21.3. The summed E-state index contributed by atoms with van der Waals surface area (Å²) in [6, 6.07) is 7.76. The summed E-state index contributed by atoms with van der Waals surface area (Å²) >= 11 is 1.38. The van der Waals surface area contributed by atoms with E-state index in [1.165, 1.54) is 28.5 Å². The van der Waals surface area contributed by atoms with E-state index < -0.39 is 11.5 Å². The molecular weight excluding hydrogens is 414 g/mol. The number of piperidine rings is 1. The number of fused-ring (bicyclic) bond motifs is 1. The van der Waals surface area contributed by atoms with Crippen molar-refractivity contribution in [3.05, 3.63) is 51.9 Å². The first-order chi connectivity index (χ1) is 15.0. The highest BCUT2D eigenvalue weighted by atomic mass is 32.1. The van der Waals surface area contributed by atoms with E-state index in [0.29, 0.717) is 30.5 Å². The summed E-state index contributed by atoms with van der Waals surface area (Å²) in [5, 5.41) is 8.05. The summed E-state index contributed by atoms with van der Waals surface area (Å²) in [7, 11) is 0. The zero-order valence-electron chi connectivity index (χ0n) is 17.8. The zero-order chi connectivity index (χ0) is 21.8. The molecule has 3 aromatic rings. The average molecular weight is 442 g/mol. The fourth-order valence-corrected chi connectivity index (χ4v) is 4.65. The molecule has 31 heavy (non-hydrogen) atoms. The third kappa shape index (κ3) is 4.87. The molecule has 1 aliphatic rings.